The maximum atomic E-state index is 11.0. The standard InChI is InChI=1S/C13H16N4O3/c1-13(7-14,8-5-6-8)16-12-15-11-9(17(18)19)3-2-4-10(11)20-12/h2-4,8H,5-7,14H2,1H3,(H,15,16). The number of nitro groups is 1. The van der Waals surface area contributed by atoms with Crippen LogP contribution in [0.1, 0.15) is 19.8 Å². The van der Waals surface area contributed by atoms with Gasteiger partial charge in [-0.15, -0.1) is 0 Å². The Kier molecular flexibility index (Phi) is 2.86. The van der Waals surface area contributed by atoms with Gasteiger partial charge in [-0.25, -0.2) is 0 Å². The molecular formula is C13H16N4O3. The van der Waals surface area contributed by atoms with Crippen LogP contribution in [0.5, 0.6) is 0 Å². The molecule has 1 atom stereocenters. The third-order valence-electron chi connectivity index (χ3n) is 3.89. The van der Waals surface area contributed by atoms with E-state index in [1.807, 2.05) is 6.92 Å². The average molecular weight is 276 g/mol. The monoisotopic (exact) mass is 276 g/mol. The number of rotatable bonds is 5. The molecule has 0 radical (unpaired) electrons. The first-order valence-corrected chi connectivity index (χ1v) is 6.56. The SMILES string of the molecule is CC(CN)(Nc1nc2c([N+](=O)[O-])cccc2o1)C1CC1. The van der Waals surface area contributed by atoms with Crippen LogP contribution in [0.2, 0.25) is 0 Å². The van der Waals surface area contributed by atoms with E-state index < -0.39 is 4.92 Å². The van der Waals surface area contributed by atoms with E-state index in [1.54, 1.807) is 12.1 Å². The summed E-state index contributed by atoms with van der Waals surface area (Å²) in [4.78, 5) is 14.7. The van der Waals surface area contributed by atoms with Gasteiger partial charge in [-0.1, -0.05) is 6.07 Å². The number of non-ortho nitro benzene ring substituents is 1. The minimum Gasteiger partial charge on any atom is -0.423 e. The number of nitrogens with one attached hydrogen (secondary N) is 1. The molecule has 1 aliphatic rings. The first kappa shape index (κ1) is 12.9. The van der Waals surface area contributed by atoms with Crippen molar-refractivity contribution < 1.29 is 9.34 Å². The second-order valence-corrected chi connectivity index (χ2v) is 5.42. The van der Waals surface area contributed by atoms with Crippen molar-refractivity contribution >= 4 is 22.8 Å². The fraction of sp³-hybridized carbons (Fsp3) is 0.462. The number of aromatic nitrogens is 1. The van der Waals surface area contributed by atoms with Crippen molar-refractivity contribution in [2.75, 3.05) is 11.9 Å². The molecule has 1 aromatic carbocycles. The van der Waals surface area contributed by atoms with E-state index in [-0.39, 0.29) is 22.8 Å². The number of hydrogen-bond donors (Lipinski definition) is 2. The summed E-state index contributed by atoms with van der Waals surface area (Å²) in [7, 11) is 0. The zero-order valence-corrected chi connectivity index (χ0v) is 11.1. The Bertz CT molecular complexity index is 665. The number of nitrogens with two attached hydrogens (primary N) is 1. The van der Waals surface area contributed by atoms with Gasteiger partial charge < -0.3 is 15.5 Å². The van der Waals surface area contributed by atoms with Crippen molar-refractivity contribution in [2.24, 2.45) is 11.7 Å². The Hall–Kier alpha value is -2.15. The quantitative estimate of drug-likeness (QED) is 0.640. The van der Waals surface area contributed by atoms with Gasteiger partial charge in [0.25, 0.3) is 11.7 Å². The molecule has 0 amide bonds. The molecule has 1 heterocycles. The minimum absolute atomic E-state index is 0.0554. The number of nitrogens with zero attached hydrogens (tertiary/aromatic N) is 2. The van der Waals surface area contributed by atoms with E-state index in [9.17, 15) is 10.1 Å². The highest BCUT2D eigenvalue weighted by Gasteiger charge is 2.41. The summed E-state index contributed by atoms with van der Waals surface area (Å²) < 4.78 is 5.55. The molecule has 7 heteroatoms. The summed E-state index contributed by atoms with van der Waals surface area (Å²) in [5.41, 5.74) is 6.15. The van der Waals surface area contributed by atoms with Gasteiger partial charge in [0.15, 0.2) is 11.1 Å². The van der Waals surface area contributed by atoms with Crippen LogP contribution < -0.4 is 11.1 Å². The lowest BCUT2D eigenvalue weighted by molar-refractivity contribution is -0.383. The molecule has 2 aromatic rings. The Morgan fingerprint density at radius 2 is 2.35 bits per heavy atom. The highest BCUT2D eigenvalue weighted by molar-refractivity contribution is 5.84. The normalized spacial score (nSPS) is 17.9. The third-order valence-corrected chi connectivity index (χ3v) is 3.89. The van der Waals surface area contributed by atoms with E-state index >= 15 is 0 Å². The lowest BCUT2D eigenvalue weighted by atomic mass is 9.96. The zero-order chi connectivity index (χ0) is 14.3. The zero-order valence-electron chi connectivity index (χ0n) is 11.1. The third kappa shape index (κ3) is 2.09. The molecule has 0 bridgehead atoms. The second-order valence-electron chi connectivity index (χ2n) is 5.42. The van der Waals surface area contributed by atoms with Crippen LogP contribution in [0.15, 0.2) is 22.6 Å². The Balaban J connectivity index is 1.97. The Labute approximate surface area is 115 Å². The topological polar surface area (TPSA) is 107 Å². The first-order valence-electron chi connectivity index (χ1n) is 6.56. The lowest BCUT2D eigenvalue weighted by Gasteiger charge is -2.28. The van der Waals surface area contributed by atoms with E-state index in [0.29, 0.717) is 18.0 Å². The summed E-state index contributed by atoms with van der Waals surface area (Å²) >= 11 is 0. The highest BCUT2D eigenvalue weighted by atomic mass is 16.6. The molecule has 1 unspecified atom stereocenters. The van der Waals surface area contributed by atoms with Crippen molar-refractivity contribution in [3.8, 4) is 0 Å². The van der Waals surface area contributed by atoms with Crippen molar-refractivity contribution in [3.63, 3.8) is 0 Å². The summed E-state index contributed by atoms with van der Waals surface area (Å²) in [6.07, 6.45) is 2.25. The molecule has 20 heavy (non-hydrogen) atoms. The largest absolute Gasteiger partial charge is 0.423 e. The number of anilines is 1. The highest BCUT2D eigenvalue weighted by Crippen LogP contribution is 2.41. The number of benzene rings is 1. The smallest absolute Gasteiger partial charge is 0.298 e. The van der Waals surface area contributed by atoms with Crippen LogP contribution in [-0.4, -0.2) is 22.0 Å². The molecule has 3 N–H and O–H groups in total. The maximum absolute atomic E-state index is 11.0. The van der Waals surface area contributed by atoms with E-state index in [4.69, 9.17) is 10.2 Å². The molecule has 1 aromatic heterocycles. The van der Waals surface area contributed by atoms with Crippen LogP contribution >= 0.6 is 0 Å². The van der Waals surface area contributed by atoms with Gasteiger partial charge in [0.2, 0.25) is 0 Å². The van der Waals surface area contributed by atoms with Crippen LogP contribution in [0, 0.1) is 16.0 Å². The number of fused-ring (bicyclic) bond motifs is 1. The molecule has 1 saturated carbocycles. The molecule has 1 fully saturated rings. The van der Waals surface area contributed by atoms with Gasteiger partial charge in [-0.05, 0) is 31.7 Å². The van der Waals surface area contributed by atoms with Crippen LogP contribution in [0.3, 0.4) is 0 Å². The molecule has 106 valence electrons. The number of nitro benzene ring substituents is 1. The molecule has 3 rings (SSSR count). The van der Waals surface area contributed by atoms with Gasteiger partial charge in [0.1, 0.15) is 0 Å². The fourth-order valence-electron chi connectivity index (χ4n) is 2.42. The average Bonchev–Trinajstić information content (AvgIpc) is 3.19. The second kappa shape index (κ2) is 4.45. The molecular weight excluding hydrogens is 260 g/mol. The summed E-state index contributed by atoms with van der Waals surface area (Å²) in [6.45, 7) is 2.48. The van der Waals surface area contributed by atoms with Gasteiger partial charge in [-0.3, -0.25) is 10.1 Å². The summed E-state index contributed by atoms with van der Waals surface area (Å²) in [5.74, 6) is 0.498. The fourth-order valence-corrected chi connectivity index (χ4v) is 2.42. The molecule has 0 spiro atoms. The molecule has 0 aliphatic heterocycles. The van der Waals surface area contributed by atoms with E-state index in [0.717, 1.165) is 12.8 Å². The first-order chi connectivity index (χ1) is 9.53. The van der Waals surface area contributed by atoms with Gasteiger partial charge in [0.05, 0.1) is 10.5 Å². The molecule has 0 saturated heterocycles. The van der Waals surface area contributed by atoms with Crippen LogP contribution in [-0.2, 0) is 0 Å². The summed E-state index contributed by atoms with van der Waals surface area (Å²) in [5, 5.41) is 14.2. The van der Waals surface area contributed by atoms with Crippen molar-refractivity contribution in [2.45, 2.75) is 25.3 Å². The van der Waals surface area contributed by atoms with Crippen molar-refractivity contribution in [1.82, 2.24) is 4.98 Å². The minimum atomic E-state index is -0.461. The number of para-hydroxylation sites is 1. The summed E-state index contributed by atoms with van der Waals surface area (Å²) in [6, 6.07) is 4.95. The molecule has 1 aliphatic carbocycles. The predicted molar refractivity (Wildman–Crippen MR) is 74.5 cm³/mol. The predicted octanol–water partition coefficient (Wildman–Crippen LogP) is 2.28. The van der Waals surface area contributed by atoms with Gasteiger partial charge in [0, 0.05) is 12.6 Å². The van der Waals surface area contributed by atoms with Crippen molar-refractivity contribution in [1.29, 1.82) is 0 Å². The van der Waals surface area contributed by atoms with Gasteiger partial charge >= 0.3 is 0 Å². The van der Waals surface area contributed by atoms with E-state index in [1.165, 1.54) is 6.07 Å². The Morgan fingerprint density at radius 3 is 2.95 bits per heavy atom. The number of hydrogen-bond acceptors (Lipinski definition) is 6. The number of oxazole rings is 1. The van der Waals surface area contributed by atoms with Crippen LogP contribution in [0.4, 0.5) is 11.7 Å². The van der Waals surface area contributed by atoms with E-state index in [2.05, 4.69) is 10.3 Å². The van der Waals surface area contributed by atoms with Gasteiger partial charge in [-0.2, -0.15) is 4.98 Å². The maximum Gasteiger partial charge on any atom is 0.298 e. The van der Waals surface area contributed by atoms with Crippen molar-refractivity contribution in [3.05, 3.63) is 28.3 Å². The Morgan fingerprint density at radius 1 is 1.60 bits per heavy atom. The lowest BCUT2D eigenvalue weighted by Crippen LogP contribution is -2.44. The molecule has 7 nitrogen and oxygen atoms in total. The van der Waals surface area contributed by atoms with Crippen LogP contribution in [0.25, 0.3) is 11.1 Å².